The molecule has 6 aliphatic rings. The number of pyridine rings is 2. The lowest BCUT2D eigenvalue weighted by Gasteiger charge is -2.33. The van der Waals surface area contributed by atoms with Gasteiger partial charge >= 0.3 is 0 Å². The third-order valence-electron chi connectivity index (χ3n) is 13.7. The van der Waals surface area contributed by atoms with Crippen molar-refractivity contribution < 1.29 is 38.0 Å². The number of benzene rings is 2. The molecule has 6 aliphatic heterocycles. The van der Waals surface area contributed by atoms with Gasteiger partial charge < -0.3 is 48.9 Å². The number of ether oxygens (including phenoxy) is 6. The van der Waals surface area contributed by atoms with Crippen LogP contribution >= 0.6 is 0 Å². The second kappa shape index (κ2) is 20.5. The van der Waals surface area contributed by atoms with E-state index in [1.807, 2.05) is 61.8 Å². The number of nitrogens with one attached hydrogen (secondary N) is 2. The van der Waals surface area contributed by atoms with Crippen molar-refractivity contribution in [1.82, 2.24) is 9.97 Å². The summed E-state index contributed by atoms with van der Waals surface area (Å²) in [6.45, 7) is 15.7. The quantitative estimate of drug-likeness (QED) is 0.174. The molecule has 4 aromatic rings. The smallest absolute Gasteiger partial charge is 0.256 e. The van der Waals surface area contributed by atoms with E-state index in [1.54, 1.807) is 12.4 Å². The van der Waals surface area contributed by atoms with E-state index < -0.39 is 12.2 Å². The third kappa shape index (κ3) is 10.3. The number of carbonyl (C=O) groups excluding carboxylic acids is 2. The lowest BCUT2D eigenvalue weighted by Crippen LogP contribution is -2.44. The van der Waals surface area contributed by atoms with Crippen LogP contribution in [-0.4, -0.2) is 97.0 Å². The van der Waals surface area contributed by atoms with Crippen molar-refractivity contribution in [3.05, 3.63) is 95.3 Å². The predicted molar refractivity (Wildman–Crippen MR) is 254 cm³/mol. The Balaban J connectivity index is 0.000000166. The molecule has 0 spiro atoms. The number of amides is 2. The van der Waals surface area contributed by atoms with Gasteiger partial charge in [0.1, 0.15) is 23.8 Å². The molecule has 10 rings (SSSR count). The average molecular weight is 903 g/mol. The maximum absolute atomic E-state index is 13.8. The molecule has 14 heteroatoms. The minimum atomic E-state index is -0.472. The molecule has 4 fully saturated rings. The van der Waals surface area contributed by atoms with Crippen LogP contribution in [0.4, 0.5) is 34.4 Å². The fourth-order valence-corrected chi connectivity index (χ4v) is 10.2. The molecule has 14 nitrogen and oxygen atoms in total. The van der Waals surface area contributed by atoms with E-state index in [-0.39, 0.29) is 48.4 Å². The molecule has 0 saturated carbocycles. The van der Waals surface area contributed by atoms with Crippen molar-refractivity contribution in [1.29, 1.82) is 0 Å². The number of hydrogen-bond acceptors (Lipinski definition) is 12. The fraction of sp³-hybridized carbons (Fsp3) is 0.538. The topological polar surface area (TPSA) is 146 Å². The molecule has 8 heterocycles. The lowest BCUT2D eigenvalue weighted by atomic mass is 9.92. The highest BCUT2D eigenvalue weighted by Gasteiger charge is 2.37. The normalized spacial score (nSPS) is 27.0. The molecule has 0 aliphatic carbocycles. The zero-order valence-electron chi connectivity index (χ0n) is 39.2. The summed E-state index contributed by atoms with van der Waals surface area (Å²) < 4.78 is 35.4. The van der Waals surface area contributed by atoms with E-state index in [1.165, 1.54) is 11.1 Å². The molecule has 4 saturated heterocycles. The second-order valence-corrected chi connectivity index (χ2v) is 19.0. The molecule has 8 atom stereocenters. The highest BCUT2D eigenvalue weighted by Crippen LogP contribution is 2.42. The number of hydrogen-bond donors (Lipinski definition) is 2. The van der Waals surface area contributed by atoms with Gasteiger partial charge in [-0.25, -0.2) is 9.97 Å². The van der Waals surface area contributed by atoms with Crippen LogP contribution in [0, 0.1) is 0 Å². The van der Waals surface area contributed by atoms with Gasteiger partial charge in [0.15, 0.2) is 0 Å². The maximum Gasteiger partial charge on any atom is 0.256 e. The van der Waals surface area contributed by atoms with E-state index >= 15 is 0 Å². The van der Waals surface area contributed by atoms with Crippen molar-refractivity contribution in [2.24, 2.45) is 0 Å². The Hall–Kier alpha value is -4.96. The number of anilines is 6. The molecule has 66 heavy (non-hydrogen) atoms. The Labute approximate surface area is 389 Å². The largest absolute Gasteiger partial charge is 0.378 e. The van der Waals surface area contributed by atoms with Crippen molar-refractivity contribution in [2.45, 2.75) is 154 Å². The maximum atomic E-state index is 13.8. The summed E-state index contributed by atoms with van der Waals surface area (Å²) in [5.41, 5.74) is 7.88. The van der Waals surface area contributed by atoms with Crippen LogP contribution in [0.15, 0.2) is 73.1 Å². The van der Waals surface area contributed by atoms with Gasteiger partial charge in [0, 0.05) is 48.6 Å². The van der Waals surface area contributed by atoms with Gasteiger partial charge in [0.25, 0.3) is 11.8 Å². The SMILES string of the molecule is CC(C)O[C@H]1CC[C@H](C(=O)N2Cc3cccnc3Nc3ccc([C@@H]4CCO[C@H]4C)cc32)OC1.CC(C)O[C@H]1CC[C@H](C(=O)N2Cc3cccnc3Nc3ccc([C@H]4CCO[C@@H]4C)cc32)OC1. The van der Waals surface area contributed by atoms with E-state index in [0.717, 1.165) is 84.4 Å². The Kier molecular flexibility index (Phi) is 14.3. The summed E-state index contributed by atoms with van der Waals surface area (Å²) in [6, 6.07) is 20.6. The summed E-state index contributed by atoms with van der Waals surface area (Å²) in [6.07, 6.45) is 8.28. The van der Waals surface area contributed by atoms with Gasteiger partial charge in [-0.05, 0) is 128 Å². The first-order valence-corrected chi connectivity index (χ1v) is 24.1. The van der Waals surface area contributed by atoms with E-state index in [4.69, 9.17) is 28.4 Å². The molecular weight excluding hydrogens is 837 g/mol. The molecule has 0 bridgehead atoms. The molecule has 2 aromatic carbocycles. The van der Waals surface area contributed by atoms with Crippen LogP contribution in [0.5, 0.6) is 0 Å². The summed E-state index contributed by atoms with van der Waals surface area (Å²) in [5.74, 6) is 2.21. The van der Waals surface area contributed by atoms with Crippen LogP contribution in [0.1, 0.15) is 114 Å². The fourth-order valence-electron chi connectivity index (χ4n) is 10.2. The Bertz CT molecular complexity index is 2170. The van der Waals surface area contributed by atoms with Crippen LogP contribution in [-0.2, 0) is 51.1 Å². The van der Waals surface area contributed by atoms with E-state index in [2.05, 4.69) is 70.8 Å². The Morgan fingerprint density at radius 2 is 1.05 bits per heavy atom. The number of nitrogens with zero attached hydrogens (tertiary/aromatic N) is 4. The molecule has 352 valence electrons. The first-order chi connectivity index (χ1) is 32.0. The van der Waals surface area contributed by atoms with Gasteiger partial charge in [-0.15, -0.1) is 0 Å². The number of fused-ring (bicyclic) bond motifs is 4. The number of carbonyl (C=O) groups is 2. The molecule has 2 amide bonds. The van der Waals surface area contributed by atoms with Crippen molar-refractivity contribution in [2.75, 3.05) is 46.9 Å². The zero-order chi connectivity index (χ0) is 45.9. The molecule has 0 radical (unpaired) electrons. The van der Waals surface area contributed by atoms with Gasteiger partial charge in [0.2, 0.25) is 0 Å². The predicted octanol–water partition coefficient (Wildman–Crippen LogP) is 9.07. The minimum Gasteiger partial charge on any atom is -0.378 e. The minimum absolute atomic E-state index is 0.00868. The van der Waals surface area contributed by atoms with Crippen LogP contribution in [0.25, 0.3) is 0 Å². The van der Waals surface area contributed by atoms with Crippen LogP contribution < -0.4 is 20.4 Å². The van der Waals surface area contributed by atoms with Gasteiger partial charge in [0.05, 0.1) is 85.7 Å². The average Bonchev–Trinajstić information content (AvgIpc) is 3.86. The van der Waals surface area contributed by atoms with Gasteiger partial charge in [-0.3, -0.25) is 9.59 Å². The second-order valence-electron chi connectivity index (χ2n) is 19.0. The first-order valence-electron chi connectivity index (χ1n) is 24.1. The lowest BCUT2D eigenvalue weighted by molar-refractivity contribution is -0.144. The van der Waals surface area contributed by atoms with Gasteiger partial charge in [-0.2, -0.15) is 0 Å². The van der Waals surface area contributed by atoms with Crippen molar-refractivity contribution >= 4 is 46.2 Å². The monoisotopic (exact) mass is 902 g/mol. The van der Waals surface area contributed by atoms with Gasteiger partial charge in [-0.1, -0.05) is 24.3 Å². The summed E-state index contributed by atoms with van der Waals surface area (Å²) in [7, 11) is 0. The summed E-state index contributed by atoms with van der Waals surface area (Å²) >= 11 is 0. The molecular formula is C52H66N6O8. The zero-order valence-corrected chi connectivity index (χ0v) is 39.2. The van der Waals surface area contributed by atoms with Crippen LogP contribution in [0.2, 0.25) is 0 Å². The van der Waals surface area contributed by atoms with Crippen LogP contribution in [0.3, 0.4) is 0 Å². The number of aromatic nitrogens is 2. The summed E-state index contributed by atoms with van der Waals surface area (Å²) in [4.78, 5) is 40.4. The Morgan fingerprint density at radius 3 is 1.41 bits per heavy atom. The highest BCUT2D eigenvalue weighted by molar-refractivity contribution is 6.02. The Morgan fingerprint density at radius 1 is 0.606 bits per heavy atom. The molecule has 0 unspecified atom stereocenters. The number of rotatable bonds is 8. The first kappa shape index (κ1) is 46.2. The molecule has 2 aromatic heterocycles. The highest BCUT2D eigenvalue weighted by atomic mass is 16.6. The standard InChI is InChI=1S/2C26H33N3O4/c2*1-16(2)33-20-7-9-24(32-15-20)26(30)29-14-19-5-4-11-27-25(19)28-22-8-6-18(13-23(22)29)21-10-12-31-17(21)3/h2*4-6,8,11,13,16-17,20-21,24H,7,9-10,12,14-15H2,1-3H3,(H,27,28)/t17-,20+,21+,24-;17-,20-,21+,24+/m10/s1. The van der Waals surface area contributed by atoms with E-state index in [9.17, 15) is 9.59 Å². The molecule has 2 N–H and O–H groups in total. The van der Waals surface area contributed by atoms with Crippen molar-refractivity contribution in [3.8, 4) is 0 Å². The summed E-state index contributed by atoms with van der Waals surface area (Å²) in [5, 5.41) is 6.90. The third-order valence-corrected chi connectivity index (χ3v) is 13.7. The van der Waals surface area contributed by atoms with Crippen molar-refractivity contribution in [3.63, 3.8) is 0 Å². The van der Waals surface area contributed by atoms with E-state index in [0.29, 0.717) is 51.0 Å².